The lowest BCUT2D eigenvalue weighted by atomic mass is 9.95. The summed E-state index contributed by atoms with van der Waals surface area (Å²) >= 11 is 3.41. The summed E-state index contributed by atoms with van der Waals surface area (Å²) in [6.07, 6.45) is 9.79. The molecule has 140 valence electrons. The minimum Gasteiger partial charge on any atom is -0.342 e. The standard InChI is InChI=1S/C21H27BrN2O2/c22-19-8-5-17(6-9-19)7-10-20(25)23-15-11-18(12-16-23)21(26)24-13-3-1-2-4-14-24/h5-10,18H,1-4,11-16H2/b10-7+. The van der Waals surface area contributed by atoms with Crippen LogP contribution in [0.25, 0.3) is 6.08 Å². The molecule has 4 nitrogen and oxygen atoms in total. The maximum absolute atomic E-state index is 12.7. The zero-order chi connectivity index (χ0) is 18.4. The van der Waals surface area contributed by atoms with E-state index in [0.29, 0.717) is 19.0 Å². The number of benzene rings is 1. The monoisotopic (exact) mass is 418 g/mol. The number of halogens is 1. The average Bonchev–Trinajstić information content (AvgIpc) is 2.96. The van der Waals surface area contributed by atoms with Crippen molar-refractivity contribution < 1.29 is 9.59 Å². The number of amides is 2. The molecule has 2 saturated heterocycles. The van der Waals surface area contributed by atoms with Crippen LogP contribution >= 0.6 is 15.9 Å². The summed E-state index contributed by atoms with van der Waals surface area (Å²) in [5, 5.41) is 0. The van der Waals surface area contributed by atoms with Crippen molar-refractivity contribution in [2.45, 2.75) is 38.5 Å². The third kappa shape index (κ3) is 5.19. The van der Waals surface area contributed by atoms with Gasteiger partial charge in [-0.25, -0.2) is 0 Å². The Bertz CT molecular complexity index is 640. The summed E-state index contributed by atoms with van der Waals surface area (Å²) in [6.45, 7) is 3.17. The highest BCUT2D eigenvalue weighted by molar-refractivity contribution is 9.10. The lowest BCUT2D eigenvalue weighted by Crippen LogP contribution is -2.44. The predicted molar refractivity (Wildman–Crippen MR) is 108 cm³/mol. The molecule has 0 unspecified atom stereocenters. The first-order valence-electron chi connectivity index (χ1n) is 9.65. The molecule has 1 aromatic carbocycles. The molecule has 2 aliphatic rings. The molecule has 0 N–H and O–H groups in total. The Morgan fingerprint density at radius 1 is 0.885 bits per heavy atom. The smallest absolute Gasteiger partial charge is 0.246 e. The molecule has 0 atom stereocenters. The van der Waals surface area contributed by atoms with E-state index in [1.165, 1.54) is 12.8 Å². The first-order chi connectivity index (χ1) is 12.6. The fourth-order valence-electron chi connectivity index (χ4n) is 3.74. The third-order valence-electron chi connectivity index (χ3n) is 5.36. The van der Waals surface area contributed by atoms with E-state index in [1.54, 1.807) is 6.08 Å². The van der Waals surface area contributed by atoms with Crippen LogP contribution in [0.5, 0.6) is 0 Å². The van der Waals surface area contributed by atoms with Crippen LogP contribution in [-0.2, 0) is 9.59 Å². The highest BCUT2D eigenvalue weighted by atomic mass is 79.9. The Labute approximate surface area is 164 Å². The number of piperidine rings is 1. The quantitative estimate of drug-likeness (QED) is 0.693. The third-order valence-corrected chi connectivity index (χ3v) is 5.89. The van der Waals surface area contributed by atoms with Gasteiger partial charge in [0.2, 0.25) is 11.8 Å². The Morgan fingerprint density at radius 2 is 1.50 bits per heavy atom. The minimum absolute atomic E-state index is 0.0357. The fourth-order valence-corrected chi connectivity index (χ4v) is 4.01. The summed E-state index contributed by atoms with van der Waals surface area (Å²) < 4.78 is 1.03. The summed E-state index contributed by atoms with van der Waals surface area (Å²) in [6, 6.07) is 7.87. The molecule has 2 fully saturated rings. The highest BCUT2D eigenvalue weighted by Gasteiger charge is 2.29. The van der Waals surface area contributed by atoms with Crippen LogP contribution in [0.15, 0.2) is 34.8 Å². The van der Waals surface area contributed by atoms with E-state index in [0.717, 1.165) is 48.8 Å². The maximum Gasteiger partial charge on any atom is 0.246 e. The zero-order valence-electron chi connectivity index (χ0n) is 15.2. The minimum atomic E-state index is 0.0357. The molecule has 26 heavy (non-hydrogen) atoms. The van der Waals surface area contributed by atoms with E-state index in [2.05, 4.69) is 20.8 Å². The molecule has 0 saturated carbocycles. The van der Waals surface area contributed by atoms with Crippen molar-refractivity contribution in [1.29, 1.82) is 0 Å². The lowest BCUT2D eigenvalue weighted by molar-refractivity contribution is -0.139. The van der Waals surface area contributed by atoms with Crippen LogP contribution in [0.1, 0.15) is 44.1 Å². The predicted octanol–water partition coefficient (Wildman–Crippen LogP) is 4.10. The van der Waals surface area contributed by atoms with Crippen LogP contribution in [0.3, 0.4) is 0 Å². The van der Waals surface area contributed by atoms with Crippen molar-refractivity contribution >= 4 is 33.8 Å². The van der Waals surface area contributed by atoms with E-state index in [4.69, 9.17) is 0 Å². The van der Waals surface area contributed by atoms with Gasteiger partial charge >= 0.3 is 0 Å². The van der Waals surface area contributed by atoms with Gasteiger partial charge in [-0.3, -0.25) is 9.59 Å². The molecule has 0 bridgehead atoms. The average molecular weight is 419 g/mol. The van der Waals surface area contributed by atoms with E-state index in [1.807, 2.05) is 35.2 Å². The Hall–Kier alpha value is -1.62. The molecule has 2 amide bonds. The molecule has 2 heterocycles. The van der Waals surface area contributed by atoms with Crippen LogP contribution in [0.2, 0.25) is 0 Å². The van der Waals surface area contributed by atoms with Gasteiger partial charge in [-0.2, -0.15) is 0 Å². The number of carbonyl (C=O) groups excluding carboxylic acids is 2. The second-order valence-corrected chi connectivity index (χ2v) is 8.14. The van der Waals surface area contributed by atoms with Gasteiger partial charge in [-0.05, 0) is 49.5 Å². The SMILES string of the molecule is O=C(/C=C/c1ccc(Br)cc1)N1CCC(C(=O)N2CCCCCC2)CC1. The number of hydrogen-bond donors (Lipinski definition) is 0. The number of carbonyl (C=O) groups is 2. The second-order valence-electron chi connectivity index (χ2n) is 7.22. The number of nitrogens with zero attached hydrogens (tertiary/aromatic N) is 2. The second kappa shape index (κ2) is 9.36. The molecular formula is C21H27BrN2O2. The first kappa shape index (κ1) is 19.2. The molecule has 0 aromatic heterocycles. The largest absolute Gasteiger partial charge is 0.342 e. The van der Waals surface area contributed by atoms with E-state index in [9.17, 15) is 9.59 Å². The summed E-state index contributed by atoms with van der Waals surface area (Å²) in [5.41, 5.74) is 1.01. The molecule has 3 rings (SSSR count). The van der Waals surface area contributed by atoms with E-state index in [-0.39, 0.29) is 11.8 Å². The molecule has 0 aliphatic carbocycles. The molecule has 5 heteroatoms. The van der Waals surface area contributed by atoms with Gasteiger partial charge in [-0.1, -0.05) is 40.9 Å². The number of likely N-dealkylation sites (tertiary alicyclic amines) is 2. The molecule has 2 aliphatic heterocycles. The summed E-state index contributed by atoms with van der Waals surface area (Å²) in [4.78, 5) is 29.0. The number of hydrogen-bond acceptors (Lipinski definition) is 2. The Kier molecular flexibility index (Phi) is 6.89. The maximum atomic E-state index is 12.7. The van der Waals surface area contributed by atoms with Crippen molar-refractivity contribution in [2.75, 3.05) is 26.2 Å². The van der Waals surface area contributed by atoms with Crippen molar-refractivity contribution in [3.8, 4) is 0 Å². The van der Waals surface area contributed by atoms with Gasteiger partial charge < -0.3 is 9.80 Å². The molecular weight excluding hydrogens is 392 g/mol. The lowest BCUT2D eigenvalue weighted by Gasteiger charge is -2.33. The van der Waals surface area contributed by atoms with Gasteiger partial charge in [0.1, 0.15) is 0 Å². The molecule has 0 radical (unpaired) electrons. The molecule has 0 spiro atoms. The van der Waals surface area contributed by atoms with Crippen LogP contribution in [0, 0.1) is 5.92 Å². The first-order valence-corrected chi connectivity index (χ1v) is 10.4. The Morgan fingerprint density at radius 3 is 2.12 bits per heavy atom. The van der Waals surface area contributed by atoms with E-state index < -0.39 is 0 Å². The van der Waals surface area contributed by atoms with Crippen molar-refractivity contribution in [3.05, 3.63) is 40.4 Å². The van der Waals surface area contributed by atoms with E-state index >= 15 is 0 Å². The highest BCUT2D eigenvalue weighted by Crippen LogP contribution is 2.22. The van der Waals surface area contributed by atoms with Crippen LogP contribution in [0.4, 0.5) is 0 Å². The Balaban J connectivity index is 1.48. The van der Waals surface area contributed by atoms with Gasteiger partial charge in [0, 0.05) is 42.6 Å². The van der Waals surface area contributed by atoms with Crippen LogP contribution in [-0.4, -0.2) is 47.8 Å². The van der Waals surface area contributed by atoms with Crippen LogP contribution < -0.4 is 0 Å². The van der Waals surface area contributed by atoms with Crippen molar-refractivity contribution in [2.24, 2.45) is 5.92 Å². The molecule has 1 aromatic rings. The number of rotatable bonds is 3. The van der Waals surface area contributed by atoms with Gasteiger partial charge in [0.15, 0.2) is 0 Å². The summed E-state index contributed by atoms with van der Waals surface area (Å²) in [7, 11) is 0. The van der Waals surface area contributed by atoms with Crippen molar-refractivity contribution in [1.82, 2.24) is 9.80 Å². The topological polar surface area (TPSA) is 40.6 Å². The zero-order valence-corrected chi connectivity index (χ0v) is 16.8. The van der Waals surface area contributed by atoms with Gasteiger partial charge in [0.05, 0.1) is 0 Å². The van der Waals surface area contributed by atoms with Gasteiger partial charge in [0.25, 0.3) is 0 Å². The van der Waals surface area contributed by atoms with Gasteiger partial charge in [-0.15, -0.1) is 0 Å². The summed E-state index contributed by atoms with van der Waals surface area (Å²) in [5.74, 6) is 0.436. The fraction of sp³-hybridized carbons (Fsp3) is 0.524. The van der Waals surface area contributed by atoms with Crippen molar-refractivity contribution in [3.63, 3.8) is 0 Å². The normalized spacial score (nSPS) is 19.6.